The van der Waals surface area contributed by atoms with Gasteiger partial charge in [0.05, 0.1) is 12.6 Å². The first-order valence-electron chi connectivity index (χ1n) is 9.52. The van der Waals surface area contributed by atoms with E-state index in [1.807, 2.05) is 42.3 Å². The highest BCUT2D eigenvalue weighted by Crippen LogP contribution is 2.33. The number of urea groups is 1. The van der Waals surface area contributed by atoms with Gasteiger partial charge in [-0.1, -0.05) is 42.5 Å². The van der Waals surface area contributed by atoms with E-state index in [1.54, 1.807) is 0 Å². The highest BCUT2D eigenvalue weighted by atomic mass is 16.5. The minimum Gasteiger partial charge on any atom is -0.494 e. The molecule has 0 heterocycles. The summed E-state index contributed by atoms with van der Waals surface area (Å²) in [5.74, 6) is 0.896. The Kier molecular flexibility index (Phi) is 6.53. The molecular formula is C22H28N2O2. The summed E-state index contributed by atoms with van der Waals surface area (Å²) in [5.41, 5.74) is 2.68. The predicted molar refractivity (Wildman–Crippen MR) is 104 cm³/mol. The quantitative estimate of drug-likeness (QED) is 0.742. The number of carbonyl (C=O) groups is 1. The monoisotopic (exact) mass is 352 g/mol. The van der Waals surface area contributed by atoms with Gasteiger partial charge in [-0.2, -0.15) is 0 Å². The van der Waals surface area contributed by atoms with E-state index in [-0.39, 0.29) is 12.1 Å². The number of nitrogens with zero attached hydrogens (tertiary/aromatic N) is 1. The first-order chi connectivity index (χ1) is 12.8. The normalized spacial score (nSPS) is 15.8. The molecule has 0 bridgehead atoms. The molecule has 0 aliphatic heterocycles. The molecule has 1 unspecified atom stereocenters. The summed E-state index contributed by atoms with van der Waals surface area (Å²) in [6, 6.07) is 18.5. The Morgan fingerprint density at radius 1 is 1.12 bits per heavy atom. The molecule has 2 aromatic carbocycles. The molecule has 4 heteroatoms. The van der Waals surface area contributed by atoms with Crippen LogP contribution in [0.4, 0.5) is 4.79 Å². The van der Waals surface area contributed by atoms with Crippen LogP contribution in [0, 0.1) is 0 Å². The number of hydrogen-bond donors (Lipinski definition) is 1. The van der Waals surface area contributed by atoms with Crippen molar-refractivity contribution < 1.29 is 9.53 Å². The molecule has 2 amide bonds. The summed E-state index contributed by atoms with van der Waals surface area (Å²) < 4.78 is 5.67. The Balaban J connectivity index is 1.38. The van der Waals surface area contributed by atoms with Gasteiger partial charge in [0.1, 0.15) is 5.75 Å². The molecule has 0 spiro atoms. The second-order valence-corrected chi connectivity index (χ2v) is 6.82. The van der Waals surface area contributed by atoms with E-state index in [0.717, 1.165) is 37.9 Å². The highest BCUT2D eigenvalue weighted by molar-refractivity contribution is 5.74. The first-order valence-corrected chi connectivity index (χ1v) is 9.52. The van der Waals surface area contributed by atoms with Crippen LogP contribution in [0.1, 0.15) is 42.9 Å². The van der Waals surface area contributed by atoms with Crippen LogP contribution in [0.15, 0.2) is 54.6 Å². The van der Waals surface area contributed by atoms with E-state index in [0.29, 0.717) is 13.2 Å². The van der Waals surface area contributed by atoms with Crippen molar-refractivity contribution in [1.29, 1.82) is 0 Å². The summed E-state index contributed by atoms with van der Waals surface area (Å²) in [7, 11) is 1.90. The molecule has 26 heavy (non-hydrogen) atoms. The average molecular weight is 352 g/mol. The van der Waals surface area contributed by atoms with Gasteiger partial charge in [-0.3, -0.25) is 0 Å². The molecule has 138 valence electrons. The maximum absolute atomic E-state index is 12.5. The van der Waals surface area contributed by atoms with Crippen molar-refractivity contribution in [3.63, 3.8) is 0 Å². The van der Waals surface area contributed by atoms with Crippen LogP contribution in [0.25, 0.3) is 0 Å². The van der Waals surface area contributed by atoms with Gasteiger partial charge in [0, 0.05) is 13.6 Å². The molecular weight excluding hydrogens is 324 g/mol. The number of benzene rings is 2. The van der Waals surface area contributed by atoms with Crippen LogP contribution in [0.2, 0.25) is 0 Å². The van der Waals surface area contributed by atoms with Crippen LogP contribution in [-0.2, 0) is 6.42 Å². The maximum atomic E-state index is 12.5. The van der Waals surface area contributed by atoms with E-state index < -0.39 is 0 Å². The molecule has 0 aromatic heterocycles. The number of amides is 2. The predicted octanol–water partition coefficient (Wildman–Crippen LogP) is 4.56. The molecule has 0 fully saturated rings. The third-order valence-corrected chi connectivity index (χ3v) is 4.98. The van der Waals surface area contributed by atoms with Crippen LogP contribution in [0.5, 0.6) is 5.75 Å². The number of rotatable bonds is 7. The van der Waals surface area contributed by atoms with Crippen molar-refractivity contribution >= 4 is 6.03 Å². The van der Waals surface area contributed by atoms with Gasteiger partial charge in [-0.15, -0.1) is 0 Å². The van der Waals surface area contributed by atoms with Gasteiger partial charge in [0.2, 0.25) is 0 Å². The van der Waals surface area contributed by atoms with Crippen molar-refractivity contribution in [2.75, 3.05) is 20.2 Å². The summed E-state index contributed by atoms with van der Waals surface area (Å²) in [4.78, 5) is 14.3. The van der Waals surface area contributed by atoms with E-state index in [2.05, 4.69) is 29.6 Å². The number of fused-ring (bicyclic) bond motifs is 1. The van der Waals surface area contributed by atoms with E-state index in [1.165, 1.54) is 11.1 Å². The lowest BCUT2D eigenvalue weighted by Gasteiger charge is -2.33. The second kappa shape index (κ2) is 9.27. The number of para-hydroxylation sites is 1. The van der Waals surface area contributed by atoms with Crippen LogP contribution >= 0.6 is 0 Å². The van der Waals surface area contributed by atoms with Crippen LogP contribution in [0.3, 0.4) is 0 Å². The third-order valence-electron chi connectivity index (χ3n) is 4.98. The molecule has 1 aliphatic carbocycles. The lowest BCUT2D eigenvalue weighted by atomic mass is 9.87. The van der Waals surface area contributed by atoms with Gasteiger partial charge >= 0.3 is 6.03 Å². The number of unbranched alkanes of at least 4 members (excludes halogenated alkanes) is 1. The lowest BCUT2D eigenvalue weighted by molar-refractivity contribution is 0.183. The van der Waals surface area contributed by atoms with Crippen molar-refractivity contribution in [3.8, 4) is 5.75 Å². The number of hydrogen-bond acceptors (Lipinski definition) is 2. The lowest BCUT2D eigenvalue weighted by Crippen LogP contribution is -2.41. The fourth-order valence-corrected chi connectivity index (χ4v) is 3.53. The molecule has 1 aliphatic rings. The fourth-order valence-electron chi connectivity index (χ4n) is 3.53. The maximum Gasteiger partial charge on any atom is 0.317 e. The van der Waals surface area contributed by atoms with E-state index in [9.17, 15) is 4.79 Å². The Bertz CT molecular complexity index is 702. The standard InChI is InChI=1S/C22H28N2O2/c1-24(21-15-9-11-18-10-5-6-14-20(18)21)22(25)23-16-7-8-17-26-19-12-3-2-4-13-19/h2-6,10,12-14,21H,7-9,11,15-17H2,1H3,(H,23,25). The Morgan fingerprint density at radius 3 is 2.73 bits per heavy atom. The minimum atomic E-state index is 0.00989. The molecule has 0 radical (unpaired) electrons. The Hall–Kier alpha value is -2.49. The van der Waals surface area contributed by atoms with Crippen molar-refractivity contribution in [3.05, 3.63) is 65.7 Å². The zero-order chi connectivity index (χ0) is 18.2. The van der Waals surface area contributed by atoms with Crippen molar-refractivity contribution in [2.24, 2.45) is 0 Å². The topological polar surface area (TPSA) is 41.6 Å². The van der Waals surface area contributed by atoms with E-state index in [4.69, 9.17) is 4.74 Å². The van der Waals surface area contributed by atoms with Gasteiger partial charge in [0.15, 0.2) is 0 Å². The van der Waals surface area contributed by atoms with Gasteiger partial charge in [0.25, 0.3) is 0 Å². The van der Waals surface area contributed by atoms with Crippen molar-refractivity contribution in [2.45, 2.75) is 38.1 Å². The van der Waals surface area contributed by atoms with Gasteiger partial charge in [-0.25, -0.2) is 4.79 Å². The van der Waals surface area contributed by atoms with Crippen molar-refractivity contribution in [1.82, 2.24) is 10.2 Å². The summed E-state index contributed by atoms with van der Waals surface area (Å²) in [6.45, 7) is 1.35. The first kappa shape index (κ1) is 18.3. The zero-order valence-electron chi connectivity index (χ0n) is 15.5. The fraction of sp³-hybridized carbons (Fsp3) is 0.409. The molecule has 2 aromatic rings. The summed E-state index contributed by atoms with van der Waals surface area (Å²) >= 11 is 0. The molecule has 0 saturated carbocycles. The summed E-state index contributed by atoms with van der Waals surface area (Å²) in [5, 5.41) is 3.04. The smallest absolute Gasteiger partial charge is 0.317 e. The zero-order valence-corrected chi connectivity index (χ0v) is 15.5. The SMILES string of the molecule is CN(C(=O)NCCCCOc1ccccc1)C1CCCc2ccccc21. The van der Waals surface area contributed by atoms with E-state index >= 15 is 0 Å². The molecule has 0 saturated heterocycles. The highest BCUT2D eigenvalue weighted by Gasteiger charge is 2.26. The molecule has 1 atom stereocenters. The Labute approximate surface area is 156 Å². The number of ether oxygens (including phenoxy) is 1. The van der Waals surface area contributed by atoms with Crippen LogP contribution < -0.4 is 10.1 Å². The minimum absolute atomic E-state index is 0.00989. The van der Waals surface area contributed by atoms with Gasteiger partial charge in [-0.05, 0) is 55.4 Å². The third kappa shape index (κ3) is 4.78. The Morgan fingerprint density at radius 2 is 1.88 bits per heavy atom. The molecule has 1 N–H and O–H groups in total. The number of carbonyl (C=O) groups excluding carboxylic acids is 1. The summed E-state index contributed by atoms with van der Waals surface area (Å²) in [6.07, 6.45) is 5.12. The number of nitrogens with one attached hydrogen (secondary N) is 1. The largest absolute Gasteiger partial charge is 0.494 e. The average Bonchev–Trinajstić information content (AvgIpc) is 2.70. The van der Waals surface area contributed by atoms with Gasteiger partial charge < -0.3 is 15.0 Å². The van der Waals surface area contributed by atoms with Crippen LogP contribution in [-0.4, -0.2) is 31.1 Å². The second-order valence-electron chi connectivity index (χ2n) is 6.82. The molecule has 4 nitrogen and oxygen atoms in total. The number of aryl methyl sites for hydroxylation is 1. The molecule has 3 rings (SSSR count).